The number of thiazole rings is 1. The van der Waals surface area contributed by atoms with Gasteiger partial charge in [0.2, 0.25) is 0 Å². The summed E-state index contributed by atoms with van der Waals surface area (Å²) in [5, 5.41) is 1.09. The normalized spacial score (nSPS) is 13.8. The average molecular weight is 185 g/mol. The molecule has 0 radical (unpaired) electrons. The van der Waals surface area contributed by atoms with Crippen molar-refractivity contribution >= 4 is 11.3 Å². The Hall–Kier alpha value is -0.450. The number of hydrogen-bond donors (Lipinski definition) is 2. The van der Waals surface area contributed by atoms with Crippen molar-refractivity contribution < 1.29 is 0 Å². The van der Waals surface area contributed by atoms with E-state index in [1.807, 2.05) is 13.1 Å². The van der Waals surface area contributed by atoms with Crippen LogP contribution in [0.15, 0.2) is 6.20 Å². The van der Waals surface area contributed by atoms with Crippen LogP contribution in [0.4, 0.5) is 0 Å². The van der Waals surface area contributed by atoms with E-state index in [0.29, 0.717) is 5.92 Å². The minimum atomic E-state index is 0.233. The van der Waals surface area contributed by atoms with E-state index in [4.69, 9.17) is 5.84 Å². The van der Waals surface area contributed by atoms with Crippen molar-refractivity contribution in [1.82, 2.24) is 10.4 Å². The van der Waals surface area contributed by atoms with Crippen molar-refractivity contribution in [1.29, 1.82) is 0 Å². The van der Waals surface area contributed by atoms with Crippen LogP contribution in [0.3, 0.4) is 0 Å². The lowest BCUT2D eigenvalue weighted by molar-refractivity contribution is 0.427. The highest BCUT2D eigenvalue weighted by molar-refractivity contribution is 7.11. The quantitative estimate of drug-likeness (QED) is 0.555. The second kappa shape index (κ2) is 3.98. The van der Waals surface area contributed by atoms with Gasteiger partial charge in [0.15, 0.2) is 0 Å². The first-order valence-electron chi connectivity index (χ1n) is 4.03. The Labute approximate surface area is 77.0 Å². The van der Waals surface area contributed by atoms with Gasteiger partial charge in [0.05, 0.1) is 11.0 Å². The summed E-state index contributed by atoms with van der Waals surface area (Å²) in [6.07, 6.45) is 1.89. The smallest absolute Gasteiger partial charge is 0.0897 e. The van der Waals surface area contributed by atoms with Crippen LogP contribution in [0.5, 0.6) is 0 Å². The molecule has 3 nitrogen and oxygen atoms in total. The molecule has 0 aliphatic rings. The Morgan fingerprint density at radius 2 is 2.25 bits per heavy atom. The van der Waals surface area contributed by atoms with Gasteiger partial charge >= 0.3 is 0 Å². The van der Waals surface area contributed by atoms with E-state index < -0.39 is 0 Å². The molecule has 1 atom stereocenters. The molecular formula is C8H15N3S. The number of nitrogens with zero attached hydrogens (tertiary/aromatic N) is 1. The Morgan fingerprint density at radius 3 is 2.58 bits per heavy atom. The molecule has 12 heavy (non-hydrogen) atoms. The van der Waals surface area contributed by atoms with Crippen LogP contribution in [0.1, 0.15) is 29.8 Å². The molecule has 68 valence electrons. The highest BCUT2D eigenvalue weighted by Gasteiger charge is 2.15. The van der Waals surface area contributed by atoms with Crippen LogP contribution in [0.25, 0.3) is 0 Å². The summed E-state index contributed by atoms with van der Waals surface area (Å²) in [5.41, 5.74) is 2.80. The Morgan fingerprint density at radius 1 is 1.58 bits per heavy atom. The summed E-state index contributed by atoms with van der Waals surface area (Å²) in [4.78, 5) is 5.40. The number of aromatic nitrogens is 1. The van der Waals surface area contributed by atoms with Gasteiger partial charge in [-0.3, -0.25) is 11.3 Å². The van der Waals surface area contributed by atoms with Crippen LogP contribution in [-0.2, 0) is 0 Å². The number of nitrogens with two attached hydrogens (primary N) is 1. The summed E-state index contributed by atoms with van der Waals surface area (Å²) in [5.74, 6) is 5.94. The fraction of sp³-hybridized carbons (Fsp3) is 0.625. The summed E-state index contributed by atoms with van der Waals surface area (Å²) < 4.78 is 0. The van der Waals surface area contributed by atoms with E-state index in [-0.39, 0.29) is 6.04 Å². The summed E-state index contributed by atoms with van der Waals surface area (Å²) >= 11 is 1.70. The lowest BCUT2D eigenvalue weighted by Gasteiger charge is -2.17. The van der Waals surface area contributed by atoms with Crippen molar-refractivity contribution in [2.45, 2.75) is 26.8 Å². The van der Waals surface area contributed by atoms with Crippen LogP contribution < -0.4 is 11.3 Å². The molecule has 1 unspecified atom stereocenters. The zero-order valence-corrected chi connectivity index (χ0v) is 8.48. The predicted molar refractivity (Wildman–Crippen MR) is 51.8 cm³/mol. The monoisotopic (exact) mass is 185 g/mol. The highest BCUT2D eigenvalue weighted by atomic mass is 32.1. The molecule has 1 heterocycles. The van der Waals surface area contributed by atoms with Crippen molar-refractivity contribution in [3.05, 3.63) is 16.1 Å². The molecule has 0 aliphatic carbocycles. The fourth-order valence-electron chi connectivity index (χ4n) is 1.12. The minimum absolute atomic E-state index is 0.233. The molecule has 1 aromatic heterocycles. The van der Waals surface area contributed by atoms with Gasteiger partial charge in [-0.05, 0) is 12.8 Å². The van der Waals surface area contributed by atoms with E-state index in [2.05, 4.69) is 24.3 Å². The number of nitrogens with one attached hydrogen (secondary N) is 1. The molecule has 1 rings (SSSR count). The topological polar surface area (TPSA) is 50.9 Å². The summed E-state index contributed by atoms with van der Waals surface area (Å²) in [7, 11) is 0. The van der Waals surface area contributed by atoms with Crippen molar-refractivity contribution in [3.63, 3.8) is 0 Å². The minimum Gasteiger partial charge on any atom is -0.271 e. The van der Waals surface area contributed by atoms with E-state index in [1.54, 1.807) is 11.3 Å². The van der Waals surface area contributed by atoms with Crippen LogP contribution in [0.2, 0.25) is 0 Å². The number of hydrogen-bond acceptors (Lipinski definition) is 4. The SMILES string of the molecule is Cc1ncc(C(NN)C(C)C)s1. The Balaban J connectivity index is 2.80. The molecule has 0 saturated heterocycles. The van der Waals surface area contributed by atoms with E-state index in [9.17, 15) is 0 Å². The maximum atomic E-state index is 5.44. The third-order valence-corrected chi connectivity index (χ3v) is 2.79. The highest BCUT2D eigenvalue weighted by Crippen LogP contribution is 2.25. The first-order valence-corrected chi connectivity index (χ1v) is 4.85. The molecule has 0 spiro atoms. The lowest BCUT2D eigenvalue weighted by atomic mass is 10.0. The van der Waals surface area contributed by atoms with Gasteiger partial charge in [0.25, 0.3) is 0 Å². The van der Waals surface area contributed by atoms with Gasteiger partial charge in [0, 0.05) is 11.1 Å². The first kappa shape index (κ1) is 9.64. The third-order valence-electron chi connectivity index (χ3n) is 1.79. The van der Waals surface area contributed by atoms with Crippen molar-refractivity contribution in [3.8, 4) is 0 Å². The summed E-state index contributed by atoms with van der Waals surface area (Å²) in [6, 6.07) is 0.233. The number of aryl methyl sites for hydroxylation is 1. The largest absolute Gasteiger partial charge is 0.271 e. The molecule has 0 aliphatic heterocycles. The van der Waals surface area contributed by atoms with Crippen LogP contribution in [-0.4, -0.2) is 4.98 Å². The molecule has 0 saturated carbocycles. The van der Waals surface area contributed by atoms with E-state index >= 15 is 0 Å². The number of rotatable bonds is 3. The third kappa shape index (κ3) is 2.03. The maximum absolute atomic E-state index is 5.44. The van der Waals surface area contributed by atoms with Crippen molar-refractivity contribution in [2.75, 3.05) is 0 Å². The average Bonchev–Trinajstić information content (AvgIpc) is 2.37. The van der Waals surface area contributed by atoms with Gasteiger partial charge in [0.1, 0.15) is 0 Å². The maximum Gasteiger partial charge on any atom is 0.0897 e. The predicted octanol–water partition coefficient (Wildman–Crippen LogP) is 1.61. The van der Waals surface area contributed by atoms with Gasteiger partial charge in [-0.2, -0.15) is 0 Å². The van der Waals surface area contributed by atoms with Gasteiger partial charge in [-0.1, -0.05) is 13.8 Å². The van der Waals surface area contributed by atoms with Crippen LogP contribution >= 0.6 is 11.3 Å². The lowest BCUT2D eigenvalue weighted by Crippen LogP contribution is -2.30. The number of hydrazine groups is 1. The molecule has 0 amide bonds. The second-order valence-electron chi connectivity index (χ2n) is 3.17. The van der Waals surface area contributed by atoms with E-state index in [0.717, 1.165) is 5.01 Å². The Kier molecular flexibility index (Phi) is 3.20. The standard InChI is InChI=1S/C8H15N3S/c1-5(2)8(11-9)7-4-10-6(3)12-7/h4-5,8,11H,9H2,1-3H3. The molecule has 0 aromatic carbocycles. The molecule has 1 aromatic rings. The summed E-state index contributed by atoms with van der Waals surface area (Å²) in [6.45, 7) is 6.28. The molecule has 3 N–H and O–H groups in total. The molecule has 0 fully saturated rings. The first-order chi connectivity index (χ1) is 5.65. The van der Waals surface area contributed by atoms with Crippen molar-refractivity contribution in [2.24, 2.45) is 11.8 Å². The molecular weight excluding hydrogens is 170 g/mol. The second-order valence-corrected chi connectivity index (χ2v) is 4.44. The van der Waals surface area contributed by atoms with Gasteiger partial charge in [-0.15, -0.1) is 11.3 Å². The Bertz CT molecular complexity index is 244. The molecule has 4 heteroatoms. The molecule has 0 bridgehead atoms. The zero-order chi connectivity index (χ0) is 9.14. The van der Waals surface area contributed by atoms with E-state index in [1.165, 1.54) is 4.88 Å². The van der Waals surface area contributed by atoms with Gasteiger partial charge in [-0.25, -0.2) is 4.98 Å². The van der Waals surface area contributed by atoms with Crippen LogP contribution in [0, 0.1) is 12.8 Å². The fourth-order valence-corrected chi connectivity index (χ4v) is 2.14. The van der Waals surface area contributed by atoms with Gasteiger partial charge < -0.3 is 0 Å². The zero-order valence-electron chi connectivity index (χ0n) is 7.66.